The normalized spacial score (nSPS) is 11.1. The van der Waals surface area contributed by atoms with Gasteiger partial charge in [-0.1, -0.05) is 0 Å². The molecule has 0 aliphatic heterocycles. The highest BCUT2D eigenvalue weighted by atomic mass is 19.1. The van der Waals surface area contributed by atoms with E-state index in [9.17, 15) is 8.78 Å². The van der Waals surface area contributed by atoms with Crippen LogP contribution in [0.1, 0.15) is 5.56 Å². The number of hydrogen-bond donors (Lipinski definition) is 1. The van der Waals surface area contributed by atoms with E-state index in [2.05, 4.69) is 20.2 Å². The summed E-state index contributed by atoms with van der Waals surface area (Å²) in [6.45, 7) is 1.39. The van der Waals surface area contributed by atoms with Crippen LogP contribution in [0.25, 0.3) is 22.4 Å². The van der Waals surface area contributed by atoms with Gasteiger partial charge >= 0.3 is 0 Å². The first-order valence-electron chi connectivity index (χ1n) is 5.28. The van der Waals surface area contributed by atoms with Gasteiger partial charge in [0.15, 0.2) is 5.65 Å². The first kappa shape index (κ1) is 10.8. The van der Waals surface area contributed by atoms with Crippen LogP contribution in [-0.4, -0.2) is 20.2 Å². The Morgan fingerprint density at radius 1 is 1.17 bits per heavy atom. The number of halogens is 2. The molecule has 0 bridgehead atoms. The second-order valence-corrected chi connectivity index (χ2v) is 3.89. The van der Waals surface area contributed by atoms with Crippen molar-refractivity contribution in [2.24, 2.45) is 0 Å². The smallest absolute Gasteiger partial charge is 0.174 e. The lowest BCUT2D eigenvalue weighted by Crippen LogP contribution is -1.95. The summed E-state index contributed by atoms with van der Waals surface area (Å²) in [4.78, 5) is 8.29. The van der Waals surface area contributed by atoms with E-state index in [1.165, 1.54) is 31.5 Å². The minimum atomic E-state index is -0.622. The summed E-state index contributed by atoms with van der Waals surface area (Å²) in [5.74, 6) is -1.20. The van der Waals surface area contributed by atoms with Crippen LogP contribution in [-0.2, 0) is 0 Å². The lowest BCUT2D eigenvalue weighted by atomic mass is 10.1. The highest BCUT2D eigenvalue weighted by molar-refractivity contribution is 5.72. The van der Waals surface area contributed by atoms with E-state index in [1.807, 2.05) is 0 Å². The molecule has 90 valence electrons. The van der Waals surface area contributed by atoms with Gasteiger partial charge in [-0.15, -0.1) is 0 Å². The molecule has 1 N–H and O–H groups in total. The van der Waals surface area contributed by atoms with Gasteiger partial charge in [0.1, 0.15) is 17.2 Å². The molecule has 6 heteroatoms. The van der Waals surface area contributed by atoms with Crippen LogP contribution in [0.15, 0.2) is 24.5 Å². The minimum absolute atomic E-state index is 0.0287. The van der Waals surface area contributed by atoms with Crippen LogP contribution in [0.5, 0.6) is 0 Å². The molecule has 0 saturated heterocycles. The van der Waals surface area contributed by atoms with Crippen molar-refractivity contribution >= 4 is 11.2 Å². The van der Waals surface area contributed by atoms with Crippen LogP contribution >= 0.6 is 0 Å². The first-order valence-corrected chi connectivity index (χ1v) is 5.28. The van der Waals surface area contributed by atoms with Gasteiger partial charge in [-0.2, -0.15) is 5.10 Å². The van der Waals surface area contributed by atoms with Crippen molar-refractivity contribution in [3.63, 3.8) is 0 Å². The molecule has 0 aliphatic carbocycles. The fourth-order valence-electron chi connectivity index (χ4n) is 1.72. The molecule has 1 aromatic carbocycles. The van der Waals surface area contributed by atoms with Crippen LogP contribution in [0.3, 0.4) is 0 Å². The third-order valence-corrected chi connectivity index (χ3v) is 2.75. The van der Waals surface area contributed by atoms with Crippen LogP contribution < -0.4 is 0 Å². The first-order chi connectivity index (χ1) is 8.66. The fourth-order valence-corrected chi connectivity index (χ4v) is 1.72. The molecule has 2 aromatic heterocycles. The van der Waals surface area contributed by atoms with Gasteiger partial charge in [0.25, 0.3) is 0 Å². The second kappa shape index (κ2) is 3.83. The minimum Gasteiger partial charge on any atom is -0.259 e. The number of nitrogens with zero attached hydrogens (tertiary/aromatic N) is 3. The van der Waals surface area contributed by atoms with Crippen molar-refractivity contribution in [3.8, 4) is 11.3 Å². The SMILES string of the molecule is Cc1c(F)ccc(-c2cnc3cn[nH]c3n2)c1F. The number of hydrogen-bond acceptors (Lipinski definition) is 3. The third-order valence-electron chi connectivity index (χ3n) is 2.75. The maximum absolute atomic E-state index is 13.9. The summed E-state index contributed by atoms with van der Waals surface area (Å²) in [5.41, 5.74) is 1.59. The van der Waals surface area contributed by atoms with E-state index >= 15 is 0 Å². The molecule has 2 heterocycles. The van der Waals surface area contributed by atoms with E-state index in [1.54, 1.807) is 0 Å². The molecule has 4 nitrogen and oxygen atoms in total. The second-order valence-electron chi connectivity index (χ2n) is 3.89. The van der Waals surface area contributed by atoms with E-state index in [-0.39, 0.29) is 11.1 Å². The number of rotatable bonds is 1. The summed E-state index contributed by atoms with van der Waals surface area (Å²) < 4.78 is 27.1. The number of benzene rings is 1. The number of aromatic amines is 1. The zero-order valence-electron chi connectivity index (χ0n) is 9.41. The molecule has 0 aliphatic rings. The van der Waals surface area contributed by atoms with Gasteiger partial charge in [-0.3, -0.25) is 5.10 Å². The summed E-state index contributed by atoms with van der Waals surface area (Å²) in [5, 5.41) is 6.44. The quantitative estimate of drug-likeness (QED) is 0.718. The lowest BCUT2D eigenvalue weighted by molar-refractivity contribution is 0.570. The Bertz CT molecular complexity index is 736. The number of H-pyrrole nitrogens is 1. The molecule has 0 fully saturated rings. The fraction of sp³-hybridized carbons (Fsp3) is 0.0833. The van der Waals surface area contributed by atoms with Crippen LogP contribution in [0, 0.1) is 18.6 Å². The van der Waals surface area contributed by atoms with Crippen molar-refractivity contribution in [3.05, 3.63) is 41.7 Å². The molecule has 0 amide bonds. The Morgan fingerprint density at radius 2 is 2.00 bits per heavy atom. The molecule has 0 saturated carbocycles. The molecule has 3 aromatic rings. The molecule has 18 heavy (non-hydrogen) atoms. The number of aromatic nitrogens is 4. The van der Waals surface area contributed by atoms with E-state index in [4.69, 9.17) is 0 Å². The van der Waals surface area contributed by atoms with Crippen molar-refractivity contribution in [1.29, 1.82) is 0 Å². The van der Waals surface area contributed by atoms with E-state index in [0.717, 1.165) is 0 Å². The Kier molecular flexibility index (Phi) is 2.29. The van der Waals surface area contributed by atoms with Gasteiger partial charge in [-0.25, -0.2) is 18.7 Å². The van der Waals surface area contributed by atoms with Gasteiger partial charge < -0.3 is 0 Å². The Labute approximate surface area is 101 Å². The van der Waals surface area contributed by atoms with Gasteiger partial charge in [0, 0.05) is 11.1 Å². The summed E-state index contributed by atoms with van der Waals surface area (Å²) >= 11 is 0. The third kappa shape index (κ3) is 1.54. The zero-order chi connectivity index (χ0) is 12.7. The van der Waals surface area contributed by atoms with Crippen LogP contribution in [0.4, 0.5) is 8.78 Å². The standard InChI is InChI=1S/C12H8F2N4/c1-6-8(13)3-2-7(11(6)14)9-4-15-10-5-16-18-12(10)17-9/h2-5H,1H3,(H,16,17,18). The Hall–Kier alpha value is -2.37. The van der Waals surface area contributed by atoms with Gasteiger partial charge in [-0.05, 0) is 19.1 Å². The average Bonchev–Trinajstić information content (AvgIpc) is 2.83. The predicted molar refractivity (Wildman–Crippen MR) is 61.8 cm³/mol. The van der Waals surface area contributed by atoms with Crippen molar-refractivity contribution in [2.45, 2.75) is 6.92 Å². The maximum Gasteiger partial charge on any atom is 0.174 e. The molecule has 0 radical (unpaired) electrons. The summed E-state index contributed by atoms with van der Waals surface area (Å²) in [7, 11) is 0. The molecule has 0 unspecified atom stereocenters. The van der Waals surface area contributed by atoms with E-state index < -0.39 is 11.6 Å². The van der Waals surface area contributed by atoms with Crippen molar-refractivity contribution in [2.75, 3.05) is 0 Å². The monoisotopic (exact) mass is 246 g/mol. The van der Waals surface area contributed by atoms with Crippen molar-refractivity contribution < 1.29 is 8.78 Å². The van der Waals surface area contributed by atoms with Crippen LogP contribution in [0.2, 0.25) is 0 Å². The molecule has 0 atom stereocenters. The average molecular weight is 246 g/mol. The highest BCUT2D eigenvalue weighted by Crippen LogP contribution is 2.25. The largest absolute Gasteiger partial charge is 0.259 e. The molecular formula is C12H8F2N4. The topological polar surface area (TPSA) is 54.5 Å². The Morgan fingerprint density at radius 3 is 2.83 bits per heavy atom. The maximum atomic E-state index is 13.9. The van der Waals surface area contributed by atoms with E-state index in [0.29, 0.717) is 16.9 Å². The predicted octanol–water partition coefficient (Wildman–Crippen LogP) is 2.61. The number of fused-ring (bicyclic) bond motifs is 1. The summed E-state index contributed by atoms with van der Waals surface area (Å²) in [6, 6.07) is 2.57. The Balaban J connectivity index is 2.22. The molecule has 0 spiro atoms. The van der Waals surface area contributed by atoms with Crippen molar-refractivity contribution in [1.82, 2.24) is 20.2 Å². The highest BCUT2D eigenvalue weighted by Gasteiger charge is 2.13. The molecule has 3 rings (SSSR count). The van der Waals surface area contributed by atoms with Gasteiger partial charge in [0.2, 0.25) is 0 Å². The summed E-state index contributed by atoms with van der Waals surface area (Å²) in [6.07, 6.45) is 2.96. The zero-order valence-corrected chi connectivity index (χ0v) is 9.41. The molecular weight excluding hydrogens is 238 g/mol. The lowest BCUT2D eigenvalue weighted by Gasteiger charge is -2.05. The van der Waals surface area contributed by atoms with Gasteiger partial charge in [0.05, 0.1) is 18.1 Å². The number of nitrogens with one attached hydrogen (secondary N) is 1.